The predicted molar refractivity (Wildman–Crippen MR) is 362 cm³/mol. The lowest BCUT2D eigenvalue weighted by atomic mass is 10.0. The van der Waals surface area contributed by atoms with Crippen LogP contribution in [0.25, 0.3) is 0 Å². The minimum absolute atomic E-state index is 0.0775. The number of rotatable bonds is 66. The van der Waals surface area contributed by atoms with E-state index < -0.39 is 6.10 Å². The summed E-state index contributed by atoms with van der Waals surface area (Å²) in [6.45, 7) is 6.51. The second-order valence-electron chi connectivity index (χ2n) is 24.1. The first kappa shape index (κ1) is 79.6. The van der Waals surface area contributed by atoms with Gasteiger partial charge in [0.05, 0.1) is 0 Å². The Kier molecular flexibility index (Phi) is 68.2. The highest BCUT2D eigenvalue weighted by Crippen LogP contribution is 2.18. The van der Waals surface area contributed by atoms with Gasteiger partial charge in [0.25, 0.3) is 0 Å². The summed E-state index contributed by atoms with van der Waals surface area (Å²) in [6.07, 6.45) is 94.8. The summed E-state index contributed by atoms with van der Waals surface area (Å²) in [7, 11) is 0. The molecule has 1 atom stereocenters. The van der Waals surface area contributed by atoms with Crippen molar-refractivity contribution < 1.29 is 28.6 Å². The van der Waals surface area contributed by atoms with Crippen LogP contribution >= 0.6 is 0 Å². The number of esters is 3. The third-order valence-corrected chi connectivity index (χ3v) is 15.9. The van der Waals surface area contributed by atoms with Crippen molar-refractivity contribution in [2.24, 2.45) is 0 Å². The first-order valence-electron chi connectivity index (χ1n) is 36.1. The highest BCUT2D eigenvalue weighted by Gasteiger charge is 2.19. The summed E-state index contributed by atoms with van der Waals surface area (Å²) in [4.78, 5) is 38.4. The zero-order chi connectivity index (χ0) is 59.9. The SMILES string of the molecule is CC/C=C\C/C=C\C/C=C\C/C=C\C/C=C\CCCCCCCCCCCCCCCC(=O)OCC(COC(=O)CCCCCCC/C=C\C/C=C\CCC)OC(=O)CCCCCCCCCCCCCCCCCCCCCCCCC. The van der Waals surface area contributed by atoms with Crippen LogP contribution in [0.3, 0.4) is 0 Å². The Labute approximate surface area is 515 Å². The van der Waals surface area contributed by atoms with E-state index in [-0.39, 0.29) is 31.1 Å². The van der Waals surface area contributed by atoms with E-state index in [1.54, 1.807) is 0 Å². The fourth-order valence-corrected chi connectivity index (χ4v) is 10.5. The van der Waals surface area contributed by atoms with Crippen molar-refractivity contribution in [2.45, 2.75) is 374 Å². The van der Waals surface area contributed by atoms with E-state index in [0.717, 1.165) is 116 Å². The molecular weight excluding hydrogens is 1020 g/mol. The van der Waals surface area contributed by atoms with Crippen LogP contribution in [-0.4, -0.2) is 37.2 Å². The molecule has 480 valence electrons. The van der Waals surface area contributed by atoms with Crippen LogP contribution in [0.4, 0.5) is 0 Å². The van der Waals surface area contributed by atoms with Gasteiger partial charge in [-0.2, -0.15) is 0 Å². The number of carbonyl (C=O) groups excluding carboxylic acids is 3. The summed E-state index contributed by atoms with van der Waals surface area (Å²) >= 11 is 0. The van der Waals surface area contributed by atoms with Crippen molar-refractivity contribution in [3.8, 4) is 0 Å². The molecule has 0 aliphatic heterocycles. The van der Waals surface area contributed by atoms with Gasteiger partial charge in [-0.15, -0.1) is 0 Å². The highest BCUT2D eigenvalue weighted by atomic mass is 16.6. The van der Waals surface area contributed by atoms with Crippen molar-refractivity contribution in [3.63, 3.8) is 0 Å². The number of ether oxygens (including phenoxy) is 3. The monoisotopic (exact) mass is 1160 g/mol. The number of unbranched alkanes of at least 4 members (excludes halogenated alkanes) is 41. The minimum Gasteiger partial charge on any atom is -0.462 e. The summed E-state index contributed by atoms with van der Waals surface area (Å²) in [5.41, 5.74) is 0. The molecule has 0 aromatic carbocycles. The largest absolute Gasteiger partial charge is 0.462 e. The molecule has 0 aliphatic carbocycles. The van der Waals surface area contributed by atoms with Crippen LogP contribution in [0.5, 0.6) is 0 Å². The lowest BCUT2D eigenvalue weighted by Crippen LogP contribution is -2.30. The first-order chi connectivity index (χ1) is 41.0. The van der Waals surface area contributed by atoms with Gasteiger partial charge < -0.3 is 14.2 Å². The molecule has 0 saturated heterocycles. The smallest absolute Gasteiger partial charge is 0.306 e. The van der Waals surface area contributed by atoms with Gasteiger partial charge in [0.1, 0.15) is 13.2 Å². The summed E-state index contributed by atoms with van der Waals surface area (Å²) in [5, 5.41) is 0. The Hall–Kier alpha value is -3.41. The van der Waals surface area contributed by atoms with E-state index in [1.165, 1.54) is 212 Å². The van der Waals surface area contributed by atoms with E-state index >= 15 is 0 Å². The first-order valence-corrected chi connectivity index (χ1v) is 36.1. The third kappa shape index (κ3) is 69.3. The topological polar surface area (TPSA) is 78.9 Å². The van der Waals surface area contributed by atoms with E-state index in [9.17, 15) is 14.4 Å². The van der Waals surface area contributed by atoms with Crippen molar-refractivity contribution in [1.82, 2.24) is 0 Å². The van der Waals surface area contributed by atoms with Crippen LogP contribution in [0, 0.1) is 0 Å². The molecule has 0 spiro atoms. The van der Waals surface area contributed by atoms with E-state index in [1.807, 2.05) is 0 Å². The lowest BCUT2D eigenvalue weighted by Gasteiger charge is -2.18. The van der Waals surface area contributed by atoms with E-state index in [0.29, 0.717) is 19.3 Å². The summed E-state index contributed by atoms with van der Waals surface area (Å²) < 4.78 is 17.0. The fourth-order valence-electron chi connectivity index (χ4n) is 10.5. The summed E-state index contributed by atoms with van der Waals surface area (Å²) in [5.74, 6) is -0.872. The van der Waals surface area contributed by atoms with Crippen LogP contribution in [0.1, 0.15) is 367 Å². The van der Waals surface area contributed by atoms with Gasteiger partial charge in [-0.05, 0) is 89.9 Å². The van der Waals surface area contributed by atoms with Gasteiger partial charge in [0.15, 0.2) is 6.10 Å². The average molecular weight is 1160 g/mol. The van der Waals surface area contributed by atoms with Crippen LogP contribution in [-0.2, 0) is 28.6 Å². The molecule has 0 aliphatic rings. The molecule has 0 rings (SSSR count). The van der Waals surface area contributed by atoms with Crippen molar-refractivity contribution in [2.75, 3.05) is 13.2 Å². The second-order valence-corrected chi connectivity index (χ2v) is 24.1. The van der Waals surface area contributed by atoms with Gasteiger partial charge >= 0.3 is 17.9 Å². The number of allylic oxidation sites excluding steroid dienone is 14. The maximum atomic E-state index is 13.0. The van der Waals surface area contributed by atoms with Gasteiger partial charge in [-0.25, -0.2) is 0 Å². The molecule has 83 heavy (non-hydrogen) atoms. The highest BCUT2D eigenvalue weighted by molar-refractivity contribution is 5.71. The Balaban J connectivity index is 4.24. The van der Waals surface area contributed by atoms with Crippen molar-refractivity contribution >= 4 is 17.9 Å². The normalized spacial score (nSPS) is 12.6. The molecule has 0 amide bonds. The number of hydrogen-bond donors (Lipinski definition) is 0. The third-order valence-electron chi connectivity index (χ3n) is 15.9. The van der Waals surface area contributed by atoms with Gasteiger partial charge in [-0.3, -0.25) is 14.4 Å². The Bertz CT molecular complexity index is 1570. The fraction of sp³-hybridized carbons (Fsp3) is 0.779. The van der Waals surface area contributed by atoms with Gasteiger partial charge in [0.2, 0.25) is 0 Å². The molecule has 6 nitrogen and oxygen atoms in total. The standard InChI is InChI=1S/C77H136O6/c1-4-7-10-13-16-19-22-25-27-29-31-33-35-36-37-38-39-40-42-43-45-47-49-52-55-58-61-64-67-70-76(79)82-73-74(72-81-75(78)69-66-63-60-57-54-51-24-21-18-15-12-9-6-3)83-77(80)71-68-65-62-59-56-53-50-48-46-44-41-34-32-30-28-26-23-20-17-14-11-8-5-2/h7,10,12,15-16,19,21,24-25,27,31,33,36-37,74H,4-6,8-9,11,13-14,17-18,20,22-23,26,28-30,32,34-35,38-73H2,1-3H3/b10-7-,15-12-,19-16-,24-21-,27-25-,33-31-,37-36-. The predicted octanol–water partition coefficient (Wildman–Crippen LogP) is 25.0. The van der Waals surface area contributed by atoms with Crippen LogP contribution < -0.4 is 0 Å². The Morgan fingerprint density at radius 1 is 0.253 bits per heavy atom. The molecule has 6 heteroatoms. The van der Waals surface area contributed by atoms with Crippen molar-refractivity contribution in [1.29, 1.82) is 0 Å². The molecule has 0 bridgehead atoms. The number of hydrogen-bond acceptors (Lipinski definition) is 6. The van der Waals surface area contributed by atoms with Crippen LogP contribution in [0.15, 0.2) is 85.1 Å². The molecular formula is C77H136O6. The molecule has 0 saturated carbocycles. The molecule has 0 aromatic heterocycles. The Morgan fingerprint density at radius 3 is 0.783 bits per heavy atom. The zero-order valence-corrected chi connectivity index (χ0v) is 55.2. The van der Waals surface area contributed by atoms with E-state index in [2.05, 4.69) is 106 Å². The maximum absolute atomic E-state index is 13.0. The average Bonchev–Trinajstić information content (AvgIpc) is 3.49. The van der Waals surface area contributed by atoms with Crippen LogP contribution in [0.2, 0.25) is 0 Å². The molecule has 0 heterocycles. The van der Waals surface area contributed by atoms with Gasteiger partial charge in [-0.1, -0.05) is 343 Å². The van der Waals surface area contributed by atoms with Crippen molar-refractivity contribution in [3.05, 3.63) is 85.1 Å². The lowest BCUT2D eigenvalue weighted by molar-refractivity contribution is -0.167. The summed E-state index contributed by atoms with van der Waals surface area (Å²) in [6, 6.07) is 0. The molecule has 0 fully saturated rings. The molecule has 0 radical (unpaired) electrons. The molecule has 0 N–H and O–H groups in total. The molecule has 1 unspecified atom stereocenters. The quantitative estimate of drug-likeness (QED) is 0.0261. The van der Waals surface area contributed by atoms with Gasteiger partial charge in [0, 0.05) is 19.3 Å². The maximum Gasteiger partial charge on any atom is 0.306 e. The Morgan fingerprint density at radius 2 is 0.494 bits per heavy atom. The second kappa shape index (κ2) is 71.1. The minimum atomic E-state index is -0.782. The molecule has 0 aromatic rings. The zero-order valence-electron chi connectivity index (χ0n) is 55.2. The van der Waals surface area contributed by atoms with E-state index in [4.69, 9.17) is 14.2 Å². The number of carbonyl (C=O) groups is 3.